The molecule has 14 heteroatoms. The lowest BCUT2D eigenvalue weighted by Gasteiger charge is -2.24. The summed E-state index contributed by atoms with van der Waals surface area (Å²) in [4.78, 5) is 2.40. The summed E-state index contributed by atoms with van der Waals surface area (Å²) < 4.78 is 81.6. The van der Waals surface area contributed by atoms with Gasteiger partial charge in [0.05, 0.1) is 12.5 Å². The average Bonchev–Trinajstić information content (AvgIpc) is 3.61. The topological polar surface area (TPSA) is 117 Å². The lowest BCUT2D eigenvalue weighted by atomic mass is 9.92. The average molecular weight is 888 g/mol. The van der Waals surface area contributed by atoms with Crippen LogP contribution in [0, 0.1) is 35.3 Å². The van der Waals surface area contributed by atoms with Crippen LogP contribution in [0.2, 0.25) is 0 Å². The molecule has 2 aliphatic carbocycles. The minimum absolute atomic E-state index is 0.101. The SMILES string of the molecule is CC1(c2cccc(NS(C)(=O)=O)c2)C2CN(CCOc3ccc(F)cc3)CC21.CC1(c2cccc(NS(C)(=O)=O)c2)C2CNCC21.Fc1ccc(CCCBr)cc1. The maximum Gasteiger partial charge on any atom is 0.229 e. The van der Waals surface area contributed by atoms with Crippen molar-refractivity contribution >= 4 is 47.4 Å². The molecule has 4 aromatic carbocycles. The first-order chi connectivity index (χ1) is 27.0. The van der Waals surface area contributed by atoms with Crippen molar-refractivity contribution in [3.05, 3.63) is 125 Å². The van der Waals surface area contributed by atoms with Crippen LogP contribution in [0.15, 0.2) is 97.1 Å². The zero-order chi connectivity index (χ0) is 41.0. The third-order valence-corrected chi connectivity index (χ3v) is 13.8. The van der Waals surface area contributed by atoms with Crippen LogP contribution in [0.1, 0.15) is 37.0 Å². The third kappa shape index (κ3) is 10.9. The van der Waals surface area contributed by atoms with Crippen molar-refractivity contribution in [3.8, 4) is 5.75 Å². The van der Waals surface area contributed by atoms with Gasteiger partial charge in [0.1, 0.15) is 24.0 Å². The van der Waals surface area contributed by atoms with E-state index in [1.165, 1.54) is 53.5 Å². The van der Waals surface area contributed by atoms with E-state index in [1.54, 1.807) is 24.3 Å². The van der Waals surface area contributed by atoms with Crippen molar-refractivity contribution in [2.45, 2.75) is 37.5 Å². The molecule has 308 valence electrons. The van der Waals surface area contributed by atoms with Crippen LogP contribution in [0.5, 0.6) is 5.75 Å². The van der Waals surface area contributed by atoms with Gasteiger partial charge in [-0.1, -0.05) is 66.2 Å². The van der Waals surface area contributed by atoms with Gasteiger partial charge in [0.25, 0.3) is 0 Å². The number of likely N-dealkylation sites (tertiary alicyclic amines) is 1. The first kappa shape index (κ1) is 43.0. The number of aryl methyl sites for hydroxylation is 1. The fourth-order valence-electron chi connectivity index (χ4n) is 8.81. The molecular formula is C43H53BrF2N4O5S2. The monoisotopic (exact) mass is 886 g/mol. The number of benzene rings is 4. The van der Waals surface area contributed by atoms with Gasteiger partial charge in [0, 0.05) is 47.2 Å². The molecule has 2 saturated heterocycles. The van der Waals surface area contributed by atoms with Crippen LogP contribution in [0.25, 0.3) is 0 Å². The smallest absolute Gasteiger partial charge is 0.229 e. The molecule has 3 N–H and O–H groups in total. The first-order valence-electron chi connectivity index (χ1n) is 19.3. The zero-order valence-corrected chi connectivity index (χ0v) is 36.1. The summed E-state index contributed by atoms with van der Waals surface area (Å²) in [6, 6.07) is 28.3. The molecule has 0 bridgehead atoms. The predicted octanol–water partition coefficient (Wildman–Crippen LogP) is 7.41. The highest BCUT2D eigenvalue weighted by Crippen LogP contribution is 2.63. The summed E-state index contributed by atoms with van der Waals surface area (Å²) in [5, 5.41) is 4.39. The number of hydrogen-bond acceptors (Lipinski definition) is 7. The van der Waals surface area contributed by atoms with Crippen molar-refractivity contribution in [3.63, 3.8) is 0 Å². The van der Waals surface area contributed by atoms with Crippen molar-refractivity contribution in [1.82, 2.24) is 10.2 Å². The number of halogens is 3. The maximum atomic E-state index is 12.9. The summed E-state index contributed by atoms with van der Waals surface area (Å²) in [6.07, 6.45) is 4.47. The number of anilines is 2. The zero-order valence-electron chi connectivity index (χ0n) is 32.8. The third-order valence-electron chi connectivity index (χ3n) is 12.1. The molecule has 0 aromatic heterocycles. The van der Waals surface area contributed by atoms with Crippen LogP contribution in [0.3, 0.4) is 0 Å². The number of piperidine rings is 2. The molecule has 0 radical (unpaired) electrons. The minimum atomic E-state index is -3.27. The Morgan fingerprint density at radius 2 is 1.21 bits per heavy atom. The highest BCUT2D eigenvalue weighted by atomic mass is 79.9. The number of hydrogen-bond donors (Lipinski definition) is 3. The lowest BCUT2D eigenvalue weighted by Crippen LogP contribution is -2.32. The van der Waals surface area contributed by atoms with E-state index in [-0.39, 0.29) is 22.5 Å². The van der Waals surface area contributed by atoms with Crippen LogP contribution in [-0.4, -0.2) is 78.9 Å². The number of ether oxygens (including phenoxy) is 1. The van der Waals surface area contributed by atoms with Gasteiger partial charge >= 0.3 is 0 Å². The number of alkyl halides is 1. The van der Waals surface area contributed by atoms with Crippen LogP contribution >= 0.6 is 15.9 Å². The van der Waals surface area contributed by atoms with E-state index in [1.807, 2.05) is 36.4 Å². The van der Waals surface area contributed by atoms with Gasteiger partial charge in [-0.05, 0) is 127 Å². The molecule has 2 saturated carbocycles. The Labute approximate surface area is 345 Å². The van der Waals surface area contributed by atoms with Gasteiger partial charge in [0.2, 0.25) is 20.0 Å². The number of sulfonamides is 2. The molecule has 4 aromatic rings. The molecular weight excluding hydrogens is 835 g/mol. The molecule has 4 fully saturated rings. The largest absolute Gasteiger partial charge is 0.492 e. The number of fused-ring (bicyclic) bond motifs is 2. The molecule has 8 rings (SSSR count). The first-order valence-corrected chi connectivity index (χ1v) is 24.2. The Kier molecular flexibility index (Phi) is 13.4. The Bertz CT molecular complexity index is 2190. The Morgan fingerprint density at radius 1 is 0.737 bits per heavy atom. The molecule has 4 unspecified atom stereocenters. The van der Waals surface area contributed by atoms with Gasteiger partial charge in [-0.3, -0.25) is 14.3 Å². The number of rotatable bonds is 13. The van der Waals surface area contributed by atoms with E-state index < -0.39 is 20.0 Å². The number of nitrogens with one attached hydrogen (secondary N) is 3. The van der Waals surface area contributed by atoms with Gasteiger partial charge in [-0.2, -0.15) is 0 Å². The Hall–Kier alpha value is -3.56. The van der Waals surface area contributed by atoms with Crippen molar-refractivity contribution < 1.29 is 30.4 Å². The van der Waals surface area contributed by atoms with E-state index in [0.717, 1.165) is 50.9 Å². The minimum Gasteiger partial charge on any atom is -0.492 e. The van der Waals surface area contributed by atoms with Crippen molar-refractivity contribution in [2.75, 3.05) is 66.6 Å². The van der Waals surface area contributed by atoms with Crippen LogP contribution in [0.4, 0.5) is 20.2 Å². The fraction of sp³-hybridized carbons (Fsp3) is 0.442. The van der Waals surface area contributed by atoms with E-state index in [2.05, 4.69) is 61.6 Å². The molecule has 9 nitrogen and oxygen atoms in total. The molecule has 4 atom stereocenters. The molecule has 2 aliphatic heterocycles. The van der Waals surface area contributed by atoms with Crippen LogP contribution < -0.4 is 19.5 Å². The maximum absolute atomic E-state index is 12.9. The van der Waals surface area contributed by atoms with E-state index in [9.17, 15) is 25.6 Å². The summed E-state index contributed by atoms with van der Waals surface area (Å²) in [5.74, 6) is 2.82. The predicted molar refractivity (Wildman–Crippen MR) is 228 cm³/mol. The summed E-state index contributed by atoms with van der Waals surface area (Å²) in [7, 11) is -6.47. The molecule has 4 aliphatic rings. The summed E-state index contributed by atoms with van der Waals surface area (Å²) in [6.45, 7) is 10.1. The van der Waals surface area contributed by atoms with Gasteiger partial charge in [-0.15, -0.1) is 0 Å². The lowest BCUT2D eigenvalue weighted by molar-refractivity contribution is 0.212. The van der Waals surface area contributed by atoms with Crippen molar-refractivity contribution in [1.29, 1.82) is 0 Å². The second kappa shape index (κ2) is 17.7. The number of nitrogens with zero attached hydrogens (tertiary/aromatic N) is 1. The normalized spacial score (nSPS) is 25.8. The fourth-order valence-corrected chi connectivity index (χ4v) is 10.2. The highest BCUT2D eigenvalue weighted by Gasteiger charge is 2.65. The quantitative estimate of drug-likeness (QED) is 0.120. The van der Waals surface area contributed by atoms with E-state index in [0.29, 0.717) is 47.4 Å². The van der Waals surface area contributed by atoms with E-state index in [4.69, 9.17) is 4.74 Å². The summed E-state index contributed by atoms with van der Waals surface area (Å²) >= 11 is 3.35. The van der Waals surface area contributed by atoms with Gasteiger partial charge < -0.3 is 10.1 Å². The second-order valence-corrected chi connectivity index (χ2v) is 20.3. The summed E-state index contributed by atoms with van der Waals surface area (Å²) in [5.41, 5.74) is 5.24. The van der Waals surface area contributed by atoms with E-state index >= 15 is 0 Å². The molecule has 2 heterocycles. The Balaban J connectivity index is 0.000000161. The molecule has 0 spiro atoms. The van der Waals surface area contributed by atoms with Crippen LogP contribution in [-0.2, 0) is 37.3 Å². The van der Waals surface area contributed by atoms with Crippen molar-refractivity contribution in [2.24, 2.45) is 23.7 Å². The molecule has 57 heavy (non-hydrogen) atoms. The highest BCUT2D eigenvalue weighted by molar-refractivity contribution is 9.09. The van der Waals surface area contributed by atoms with Gasteiger partial charge in [-0.25, -0.2) is 25.6 Å². The van der Waals surface area contributed by atoms with Gasteiger partial charge in [0.15, 0.2) is 0 Å². The Morgan fingerprint density at radius 3 is 1.68 bits per heavy atom. The molecule has 0 amide bonds. The standard InChI is InChI=1S/C21H25FN2O3S.C13H18N2O2S.C9H10BrF/c1-21(15-4-3-5-17(12-15)23-28(2,25)26)19-13-24(14-20(19)21)10-11-27-18-8-6-16(22)7-9-18;1-13(11-7-14-8-12(11)13)9-4-3-5-10(6-9)15-18(2,16)17;10-7-1-2-8-3-5-9(11)6-4-8/h3-9,12,19-20,23H,10-11,13-14H2,1-2H3;3-6,11-12,14-15H,7-8H2,1-2H3;3-6H,1-2,7H2. The second-order valence-electron chi connectivity index (χ2n) is 16.0.